The molecule has 2 atom stereocenters. The normalized spacial score (nSPS) is 23.4. The third-order valence-electron chi connectivity index (χ3n) is 5.30. The lowest BCUT2D eigenvalue weighted by molar-refractivity contribution is -0.138. The molecule has 2 aliphatic rings. The van der Waals surface area contributed by atoms with Crippen LogP contribution in [0.3, 0.4) is 0 Å². The molecule has 6 nitrogen and oxygen atoms in total. The highest BCUT2D eigenvalue weighted by molar-refractivity contribution is 5.80. The molecule has 1 saturated heterocycles. The second-order valence-electron chi connectivity index (χ2n) is 6.89. The first-order valence-electron chi connectivity index (χ1n) is 8.82. The number of nitrogens with zero attached hydrogens (tertiary/aromatic N) is 4. The lowest BCUT2D eigenvalue weighted by atomic mass is 9.98. The van der Waals surface area contributed by atoms with Crippen molar-refractivity contribution >= 4 is 11.6 Å². The first kappa shape index (κ1) is 16.1. The largest absolute Gasteiger partial charge is 0.373 e. The van der Waals surface area contributed by atoms with Crippen LogP contribution < -0.4 is 4.90 Å². The molecule has 0 unspecified atom stereocenters. The molecule has 0 spiro atoms. The number of imidazole rings is 1. The Morgan fingerprint density at radius 1 is 1.24 bits per heavy atom. The zero-order valence-electron chi connectivity index (χ0n) is 14.8. The quantitative estimate of drug-likeness (QED) is 0.839. The molecule has 1 amide bonds. The maximum absolute atomic E-state index is 13.3. The van der Waals surface area contributed by atoms with Gasteiger partial charge in [0, 0.05) is 58.4 Å². The van der Waals surface area contributed by atoms with Gasteiger partial charge in [0.15, 0.2) is 0 Å². The fourth-order valence-corrected chi connectivity index (χ4v) is 3.86. The Hall–Kier alpha value is -2.34. The van der Waals surface area contributed by atoms with Crippen molar-refractivity contribution in [2.75, 3.05) is 31.6 Å². The van der Waals surface area contributed by atoms with Crippen molar-refractivity contribution in [1.29, 1.82) is 0 Å². The highest BCUT2D eigenvalue weighted by atomic mass is 16.5. The predicted octanol–water partition coefficient (Wildman–Crippen LogP) is 1.98. The van der Waals surface area contributed by atoms with Crippen LogP contribution in [0, 0.1) is 5.92 Å². The molecule has 0 radical (unpaired) electrons. The summed E-state index contributed by atoms with van der Waals surface area (Å²) in [6.45, 7) is 2.83. The molecule has 0 bridgehead atoms. The molecular weight excluding hydrogens is 316 g/mol. The van der Waals surface area contributed by atoms with Crippen LogP contribution >= 0.6 is 0 Å². The molecule has 1 aromatic carbocycles. The minimum atomic E-state index is -0.247. The maximum Gasteiger partial charge on any atom is 0.229 e. The minimum Gasteiger partial charge on any atom is -0.373 e. The van der Waals surface area contributed by atoms with Crippen LogP contribution in [0.2, 0.25) is 0 Å². The van der Waals surface area contributed by atoms with Gasteiger partial charge in [0.05, 0.1) is 5.92 Å². The number of amides is 1. The first-order chi connectivity index (χ1) is 12.1. The Kier molecular flexibility index (Phi) is 4.21. The number of anilines is 1. The van der Waals surface area contributed by atoms with Crippen LogP contribution in [0.15, 0.2) is 36.7 Å². The smallest absolute Gasteiger partial charge is 0.229 e. The number of likely N-dealkylation sites (N-methyl/N-ethyl adjacent to an activating group) is 1. The van der Waals surface area contributed by atoms with Crippen LogP contribution in [0.1, 0.15) is 23.9 Å². The van der Waals surface area contributed by atoms with Gasteiger partial charge in [-0.1, -0.05) is 18.2 Å². The number of aromatic nitrogens is 2. The van der Waals surface area contributed by atoms with E-state index in [-0.39, 0.29) is 17.9 Å². The zero-order chi connectivity index (χ0) is 17.4. The van der Waals surface area contributed by atoms with Crippen LogP contribution in [0.25, 0.3) is 0 Å². The topological polar surface area (TPSA) is 50.6 Å². The average molecular weight is 340 g/mol. The number of aryl methyl sites for hydroxylation is 1. The SMILES string of the molecule is CN1CCN(C(=O)[C@@H]2CCO[C@H]2c2nccn2C)Cc2ccccc21. The van der Waals surface area contributed by atoms with E-state index in [1.165, 1.54) is 11.3 Å². The van der Waals surface area contributed by atoms with E-state index in [0.717, 1.165) is 25.3 Å². The summed E-state index contributed by atoms with van der Waals surface area (Å²) in [7, 11) is 4.03. The number of para-hydroxylation sites is 1. The highest BCUT2D eigenvalue weighted by Gasteiger charge is 2.40. The van der Waals surface area contributed by atoms with Gasteiger partial charge in [0.2, 0.25) is 5.91 Å². The number of benzene rings is 1. The van der Waals surface area contributed by atoms with Gasteiger partial charge in [0.25, 0.3) is 0 Å². The average Bonchev–Trinajstić information content (AvgIpc) is 3.22. The van der Waals surface area contributed by atoms with Gasteiger partial charge in [-0.2, -0.15) is 0 Å². The van der Waals surface area contributed by atoms with Crippen molar-refractivity contribution in [1.82, 2.24) is 14.5 Å². The molecule has 0 saturated carbocycles. The molecular formula is C19H24N4O2. The molecule has 1 fully saturated rings. The number of rotatable bonds is 2. The van der Waals surface area contributed by atoms with E-state index in [1.54, 1.807) is 6.20 Å². The Labute approximate surface area is 148 Å². The van der Waals surface area contributed by atoms with E-state index in [2.05, 4.69) is 35.1 Å². The molecule has 0 N–H and O–H groups in total. The molecule has 132 valence electrons. The van der Waals surface area contributed by atoms with Gasteiger partial charge >= 0.3 is 0 Å². The van der Waals surface area contributed by atoms with Crippen molar-refractivity contribution in [3.63, 3.8) is 0 Å². The predicted molar refractivity (Wildman–Crippen MR) is 95.1 cm³/mol. The van der Waals surface area contributed by atoms with Gasteiger partial charge in [-0.05, 0) is 18.1 Å². The molecule has 1 aromatic heterocycles. The molecule has 0 aliphatic carbocycles. The maximum atomic E-state index is 13.3. The van der Waals surface area contributed by atoms with E-state index in [9.17, 15) is 4.79 Å². The fourth-order valence-electron chi connectivity index (χ4n) is 3.86. The number of hydrogen-bond acceptors (Lipinski definition) is 4. The Bertz CT molecular complexity index is 772. The molecule has 4 rings (SSSR count). The number of fused-ring (bicyclic) bond motifs is 1. The Morgan fingerprint density at radius 3 is 2.88 bits per heavy atom. The van der Waals surface area contributed by atoms with E-state index in [0.29, 0.717) is 13.2 Å². The summed E-state index contributed by atoms with van der Waals surface area (Å²) in [5.41, 5.74) is 2.41. The number of ether oxygens (including phenoxy) is 1. The van der Waals surface area contributed by atoms with Gasteiger partial charge in [-0.25, -0.2) is 4.98 Å². The standard InChI is InChI=1S/C19H24N4O2/c1-21-10-11-23(13-14-5-3-4-6-16(14)21)19(24)15-7-12-25-17(15)18-20-8-9-22(18)2/h3-6,8-9,15,17H,7,10-13H2,1-2H3/t15-,17-/m1/s1. The van der Waals surface area contributed by atoms with Crippen molar-refractivity contribution in [3.8, 4) is 0 Å². The van der Waals surface area contributed by atoms with E-state index in [1.807, 2.05) is 28.8 Å². The van der Waals surface area contributed by atoms with Crippen molar-refractivity contribution < 1.29 is 9.53 Å². The van der Waals surface area contributed by atoms with E-state index in [4.69, 9.17) is 4.74 Å². The van der Waals surface area contributed by atoms with Gasteiger partial charge < -0.3 is 19.1 Å². The van der Waals surface area contributed by atoms with Crippen LogP contribution in [0.5, 0.6) is 0 Å². The number of carbonyl (C=O) groups is 1. The lowest BCUT2D eigenvalue weighted by Gasteiger charge is -2.26. The third kappa shape index (κ3) is 2.91. The fraction of sp³-hybridized carbons (Fsp3) is 0.474. The molecule has 2 aromatic rings. The van der Waals surface area contributed by atoms with Gasteiger partial charge in [0.1, 0.15) is 11.9 Å². The summed E-state index contributed by atoms with van der Waals surface area (Å²) >= 11 is 0. The number of carbonyl (C=O) groups excluding carboxylic acids is 1. The van der Waals surface area contributed by atoms with Crippen LogP contribution in [0.4, 0.5) is 5.69 Å². The second kappa shape index (κ2) is 6.52. The molecule has 25 heavy (non-hydrogen) atoms. The van der Waals surface area contributed by atoms with Gasteiger partial charge in [-0.3, -0.25) is 4.79 Å². The third-order valence-corrected chi connectivity index (χ3v) is 5.30. The van der Waals surface area contributed by atoms with Crippen LogP contribution in [-0.2, 0) is 23.1 Å². The summed E-state index contributed by atoms with van der Waals surface area (Å²) in [6.07, 6.45) is 4.17. The lowest BCUT2D eigenvalue weighted by Crippen LogP contribution is -2.39. The molecule has 2 aliphatic heterocycles. The van der Waals surface area contributed by atoms with E-state index >= 15 is 0 Å². The van der Waals surface area contributed by atoms with Crippen LogP contribution in [-0.4, -0.2) is 47.1 Å². The molecule has 3 heterocycles. The Balaban J connectivity index is 1.57. The first-order valence-corrected chi connectivity index (χ1v) is 8.82. The Morgan fingerprint density at radius 2 is 2.08 bits per heavy atom. The minimum absolute atomic E-state index is 0.156. The summed E-state index contributed by atoms with van der Waals surface area (Å²) in [5, 5.41) is 0. The van der Waals surface area contributed by atoms with Crippen molar-refractivity contribution in [2.24, 2.45) is 13.0 Å². The monoisotopic (exact) mass is 340 g/mol. The molecule has 6 heteroatoms. The van der Waals surface area contributed by atoms with Crippen molar-refractivity contribution in [2.45, 2.75) is 19.1 Å². The summed E-state index contributed by atoms with van der Waals surface area (Å²) < 4.78 is 7.83. The zero-order valence-corrected chi connectivity index (χ0v) is 14.8. The van der Waals surface area contributed by atoms with Crippen molar-refractivity contribution in [3.05, 3.63) is 48.0 Å². The number of hydrogen-bond donors (Lipinski definition) is 0. The highest BCUT2D eigenvalue weighted by Crippen LogP contribution is 2.36. The summed E-state index contributed by atoms with van der Waals surface area (Å²) in [5.74, 6) is 0.857. The summed E-state index contributed by atoms with van der Waals surface area (Å²) in [6, 6.07) is 8.32. The summed E-state index contributed by atoms with van der Waals surface area (Å²) in [4.78, 5) is 21.9. The van der Waals surface area contributed by atoms with Gasteiger partial charge in [-0.15, -0.1) is 0 Å². The van der Waals surface area contributed by atoms with E-state index < -0.39 is 0 Å². The second-order valence-corrected chi connectivity index (χ2v) is 6.89.